The Hall–Kier alpha value is -2.09. The fourth-order valence-corrected chi connectivity index (χ4v) is 5.71. The molecule has 29 heavy (non-hydrogen) atoms. The third kappa shape index (κ3) is 3.21. The number of benzene rings is 2. The largest absolute Gasteiger partial charge is 0.467 e. The average Bonchev–Trinajstić information content (AvgIpc) is 3.06. The highest BCUT2D eigenvalue weighted by Crippen LogP contribution is 2.38. The van der Waals surface area contributed by atoms with Gasteiger partial charge in [0.25, 0.3) is 11.8 Å². The molecule has 0 saturated carbocycles. The molecular formula is C21H16BrClN2O3S. The number of likely N-dealkylation sites (tertiary alicyclic amines) is 1. The predicted octanol–water partition coefficient (Wildman–Crippen LogP) is 5.07. The van der Waals surface area contributed by atoms with Crippen molar-refractivity contribution in [3.8, 4) is 5.75 Å². The zero-order chi connectivity index (χ0) is 20.2. The van der Waals surface area contributed by atoms with Crippen molar-refractivity contribution in [3.05, 3.63) is 62.4 Å². The van der Waals surface area contributed by atoms with Crippen LogP contribution in [-0.4, -0.2) is 35.5 Å². The smallest absolute Gasteiger partial charge is 0.265 e. The van der Waals surface area contributed by atoms with Crippen LogP contribution in [0.1, 0.15) is 32.9 Å². The number of nitrogens with one attached hydrogen (secondary N) is 1. The molecule has 8 heteroatoms. The highest BCUT2D eigenvalue weighted by atomic mass is 79.9. The minimum Gasteiger partial charge on any atom is -0.467 e. The first-order valence-corrected chi connectivity index (χ1v) is 11.2. The lowest BCUT2D eigenvalue weighted by Crippen LogP contribution is -2.61. The maximum Gasteiger partial charge on any atom is 0.265 e. The van der Waals surface area contributed by atoms with Gasteiger partial charge in [-0.25, -0.2) is 0 Å². The lowest BCUT2D eigenvalue weighted by molar-refractivity contribution is -0.0244. The number of fused-ring (bicyclic) bond motifs is 2. The van der Waals surface area contributed by atoms with Crippen LogP contribution in [0.15, 0.2) is 46.9 Å². The summed E-state index contributed by atoms with van der Waals surface area (Å²) < 4.78 is 8.00. The first-order valence-electron chi connectivity index (χ1n) is 9.23. The lowest BCUT2D eigenvalue weighted by Gasteiger charge is -2.44. The van der Waals surface area contributed by atoms with Gasteiger partial charge in [0.2, 0.25) is 0 Å². The molecule has 2 aromatic carbocycles. The van der Waals surface area contributed by atoms with E-state index in [4.69, 9.17) is 16.3 Å². The SMILES string of the molecule is O=C1NC2(CCN(C(=O)c3sc4ccccc4c3Cl)CC2)Oc2ccc(Br)cc21. The molecule has 3 aromatic rings. The summed E-state index contributed by atoms with van der Waals surface area (Å²) in [6.07, 6.45) is 1.03. The van der Waals surface area contributed by atoms with Crippen LogP contribution in [0.5, 0.6) is 5.75 Å². The van der Waals surface area contributed by atoms with Crippen molar-refractivity contribution in [3.63, 3.8) is 0 Å². The van der Waals surface area contributed by atoms with Gasteiger partial charge in [-0.2, -0.15) is 0 Å². The predicted molar refractivity (Wildman–Crippen MR) is 117 cm³/mol. The molecule has 3 heterocycles. The summed E-state index contributed by atoms with van der Waals surface area (Å²) in [6, 6.07) is 13.2. The van der Waals surface area contributed by atoms with Crippen molar-refractivity contribution in [2.24, 2.45) is 0 Å². The van der Waals surface area contributed by atoms with E-state index in [0.29, 0.717) is 47.1 Å². The minimum absolute atomic E-state index is 0.0717. The molecule has 0 atom stereocenters. The van der Waals surface area contributed by atoms with E-state index in [1.54, 1.807) is 17.0 Å². The van der Waals surface area contributed by atoms with Crippen LogP contribution in [0.2, 0.25) is 5.02 Å². The number of carbonyl (C=O) groups excluding carboxylic acids is 2. The summed E-state index contributed by atoms with van der Waals surface area (Å²) in [7, 11) is 0. The second-order valence-electron chi connectivity index (χ2n) is 7.22. The van der Waals surface area contributed by atoms with Gasteiger partial charge in [-0.3, -0.25) is 9.59 Å². The molecule has 2 amide bonds. The minimum atomic E-state index is -0.779. The van der Waals surface area contributed by atoms with Gasteiger partial charge in [0, 0.05) is 40.5 Å². The van der Waals surface area contributed by atoms with Gasteiger partial charge in [-0.1, -0.05) is 45.7 Å². The summed E-state index contributed by atoms with van der Waals surface area (Å²) >= 11 is 11.3. The summed E-state index contributed by atoms with van der Waals surface area (Å²) in [5, 5.41) is 4.42. The van der Waals surface area contributed by atoms with Crippen molar-refractivity contribution < 1.29 is 14.3 Å². The molecule has 0 bridgehead atoms. The zero-order valence-corrected chi connectivity index (χ0v) is 18.4. The fraction of sp³-hybridized carbons (Fsp3) is 0.238. The second kappa shape index (κ2) is 7.00. The Morgan fingerprint density at radius 1 is 1.21 bits per heavy atom. The van der Waals surface area contributed by atoms with Crippen molar-refractivity contribution in [1.29, 1.82) is 0 Å². The second-order valence-corrected chi connectivity index (χ2v) is 9.57. The van der Waals surface area contributed by atoms with E-state index in [9.17, 15) is 9.59 Å². The van der Waals surface area contributed by atoms with Crippen LogP contribution < -0.4 is 10.1 Å². The number of piperidine rings is 1. The molecule has 0 radical (unpaired) electrons. The van der Waals surface area contributed by atoms with Crippen LogP contribution in [0.25, 0.3) is 10.1 Å². The maximum atomic E-state index is 13.1. The summed E-state index contributed by atoms with van der Waals surface area (Å²) in [4.78, 5) is 28.0. The van der Waals surface area contributed by atoms with Crippen LogP contribution in [0.4, 0.5) is 0 Å². The molecular weight excluding hydrogens is 476 g/mol. The molecule has 0 unspecified atom stereocenters. The molecule has 5 nitrogen and oxygen atoms in total. The number of rotatable bonds is 1. The number of nitrogens with zero attached hydrogens (tertiary/aromatic N) is 1. The van der Waals surface area contributed by atoms with E-state index < -0.39 is 5.72 Å². The first-order chi connectivity index (χ1) is 14.0. The molecule has 148 valence electrons. The van der Waals surface area contributed by atoms with Gasteiger partial charge in [-0.15, -0.1) is 11.3 Å². The molecule has 0 aliphatic carbocycles. The number of halogens is 2. The highest BCUT2D eigenvalue weighted by molar-refractivity contribution is 9.10. The quantitative estimate of drug-likeness (QED) is 0.517. The molecule has 5 rings (SSSR count). The van der Waals surface area contributed by atoms with E-state index in [0.717, 1.165) is 14.6 Å². The van der Waals surface area contributed by atoms with Gasteiger partial charge in [0.05, 0.1) is 10.6 Å². The van der Waals surface area contributed by atoms with E-state index in [-0.39, 0.29) is 11.8 Å². The number of amides is 2. The van der Waals surface area contributed by atoms with Crippen LogP contribution in [0, 0.1) is 0 Å². The Labute approximate surface area is 184 Å². The van der Waals surface area contributed by atoms with Gasteiger partial charge in [-0.05, 0) is 24.3 Å². The summed E-state index contributed by atoms with van der Waals surface area (Å²) in [5.74, 6) is 0.349. The van der Waals surface area contributed by atoms with Crippen molar-refractivity contribution in [2.75, 3.05) is 13.1 Å². The Kier molecular flexibility index (Phi) is 4.57. The summed E-state index contributed by atoms with van der Waals surface area (Å²) in [6.45, 7) is 0.963. The van der Waals surface area contributed by atoms with Gasteiger partial charge in [0.1, 0.15) is 10.6 Å². The monoisotopic (exact) mass is 490 g/mol. The van der Waals surface area contributed by atoms with E-state index in [1.165, 1.54) is 11.3 Å². The third-order valence-corrected chi connectivity index (χ3v) is 7.58. The van der Waals surface area contributed by atoms with Crippen molar-refractivity contribution in [1.82, 2.24) is 10.2 Å². The molecule has 2 aliphatic heterocycles. The Balaban J connectivity index is 1.35. The number of hydrogen-bond acceptors (Lipinski definition) is 4. The van der Waals surface area contributed by atoms with Crippen LogP contribution in [0.3, 0.4) is 0 Å². The molecule has 1 N–H and O–H groups in total. The first kappa shape index (κ1) is 18.9. The van der Waals surface area contributed by atoms with E-state index in [2.05, 4.69) is 21.2 Å². The molecule has 1 saturated heterocycles. The molecule has 1 aromatic heterocycles. The van der Waals surface area contributed by atoms with E-state index in [1.807, 2.05) is 30.3 Å². The Bertz CT molecular complexity index is 1150. The van der Waals surface area contributed by atoms with Gasteiger partial charge in [0.15, 0.2) is 5.72 Å². The number of carbonyl (C=O) groups is 2. The van der Waals surface area contributed by atoms with Crippen LogP contribution >= 0.6 is 38.9 Å². The Morgan fingerprint density at radius 3 is 2.72 bits per heavy atom. The molecule has 1 spiro atoms. The topological polar surface area (TPSA) is 58.6 Å². The Morgan fingerprint density at radius 2 is 1.97 bits per heavy atom. The van der Waals surface area contributed by atoms with Crippen molar-refractivity contribution in [2.45, 2.75) is 18.6 Å². The maximum absolute atomic E-state index is 13.1. The van der Waals surface area contributed by atoms with Crippen LogP contribution in [-0.2, 0) is 0 Å². The molecule has 1 fully saturated rings. The number of hydrogen-bond donors (Lipinski definition) is 1. The standard InChI is InChI=1S/C21H16BrClN2O3S/c22-12-5-6-15-14(11-12)19(26)24-21(28-15)7-9-25(10-8-21)20(27)18-17(23)13-3-1-2-4-16(13)29-18/h1-6,11H,7-10H2,(H,24,26). The lowest BCUT2D eigenvalue weighted by atomic mass is 9.96. The van der Waals surface area contributed by atoms with Gasteiger partial charge >= 0.3 is 0 Å². The fourth-order valence-electron chi connectivity index (χ4n) is 3.87. The van der Waals surface area contributed by atoms with Gasteiger partial charge < -0.3 is 15.0 Å². The highest BCUT2D eigenvalue weighted by Gasteiger charge is 2.43. The zero-order valence-electron chi connectivity index (χ0n) is 15.2. The van der Waals surface area contributed by atoms with E-state index >= 15 is 0 Å². The number of ether oxygens (including phenoxy) is 1. The average molecular weight is 492 g/mol. The van der Waals surface area contributed by atoms with Crippen molar-refractivity contribution >= 4 is 60.8 Å². The summed E-state index contributed by atoms with van der Waals surface area (Å²) in [5.41, 5.74) is -0.265. The number of thiophene rings is 1. The third-order valence-electron chi connectivity index (χ3n) is 5.42. The normalized spacial score (nSPS) is 17.7. The molecule has 2 aliphatic rings.